The highest BCUT2D eigenvalue weighted by Gasteiger charge is 2.20. The van der Waals surface area contributed by atoms with Crippen molar-refractivity contribution < 1.29 is 9.59 Å². The van der Waals surface area contributed by atoms with Crippen LogP contribution < -0.4 is 22.1 Å². The third-order valence-electron chi connectivity index (χ3n) is 3.13. The third-order valence-corrected chi connectivity index (χ3v) is 4.35. The van der Waals surface area contributed by atoms with Gasteiger partial charge in [0.05, 0.1) is 5.25 Å². The van der Waals surface area contributed by atoms with Gasteiger partial charge >= 0.3 is 0 Å². The lowest BCUT2D eigenvalue weighted by atomic mass is 10.2. The van der Waals surface area contributed by atoms with Gasteiger partial charge in [-0.1, -0.05) is 18.7 Å². The van der Waals surface area contributed by atoms with Gasteiger partial charge in [-0.05, 0) is 30.7 Å². The van der Waals surface area contributed by atoms with E-state index in [0.29, 0.717) is 23.0 Å². The number of carbonyl (C=O) groups is 2. The predicted octanol–water partition coefficient (Wildman–Crippen LogP) is 2.11. The molecular weight excluding hydrogens is 340 g/mol. The van der Waals surface area contributed by atoms with Crippen molar-refractivity contribution in [3.63, 3.8) is 0 Å². The zero-order chi connectivity index (χ0) is 18.4. The predicted molar refractivity (Wildman–Crippen MR) is 100 cm³/mol. The summed E-state index contributed by atoms with van der Waals surface area (Å²) in [6, 6.07) is 8.33. The van der Waals surface area contributed by atoms with Crippen molar-refractivity contribution in [2.75, 3.05) is 22.1 Å². The number of amides is 2. The molecule has 0 spiro atoms. The van der Waals surface area contributed by atoms with E-state index in [4.69, 9.17) is 11.5 Å². The van der Waals surface area contributed by atoms with Crippen molar-refractivity contribution >= 4 is 46.6 Å². The number of aromatic nitrogens is 2. The number of carbonyl (C=O) groups excluding carboxylic acids is 2. The maximum atomic E-state index is 12.5. The summed E-state index contributed by atoms with van der Waals surface area (Å²) >= 11 is 1.20. The smallest absolute Gasteiger partial charge is 0.237 e. The molecule has 0 aliphatic carbocycles. The number of nitrogen functional groups attached to an aromatic ring is 2. The maximum Gasteiger partial charge on any atom is 0.237 e. The molecule has 0 aliphatic heterocycles. The molecule has 6 N–H and O–H groups in total. The van der Waals surface area contributed by atoms with E-state index in [1.54, 1.807) is 24.3 Å². The summed E-state index contributed by atoms with van der Waals surface area (Å²) < 4.78 is 0. The van der Waals surface area contributed by atoms with Gasteiger partial charge in [0.2, 0.25) is 11.8 Å². The Morgan fingerprint density at radius 3 is 2.08 bits per heavy atom. The zero-order valence-electron chi connectivity index (χ0n) is 13.9. The topological polar surface area (TPSA) is 136 Å². The lowest BCUT2D eigenvalue weighted by Gasteiger charge is -2.14. The Labute approximate surface area is 149 Å². The van der Waals surface area contributed by atoms with Gasteiger partial charge in [0.15, 0.2) is 5.16 Å². The first kappa shape index (κ1) is 18.5. The number of thioether (sulfide) groups is 1. The second kappa shape index (κ2) is 8.34. The molecule has 9 heteroatoms. The zero-order valence-corrected chi connectivity index (χ0v) is 14.8. The molecule has 0 fully saturated rings. The van der Waals surface area contributed by atoms with Crippen molar-refractivity contribution in [3.8, 4) is 0 Å². The van der Waals surface area contributed by atoms with Crippen LogP contribution in [0, 0.1) is 0 Å². The fourth-order valence-corrected chi connectivity index (χ4v) is 2.93. The summed E-state index contributed by atoms with van der Waals surface area (Å²) in [5.41, 5.74) is 12.6. The first-order chi connectivity index (χ1) is 11.9. The van der Waals surface area contributed by atoms with E-state index in [9.17, 15) is 9.59 Å². The Morgan fingerprint density at radius 2 is 1.60 bits per heavy atom. The van der Waals surface area contributed by atoms with Gasteiger partial charge in [0.1, 0.15) is 11.6 Å². The van der Waals surface area contributed by atoms with Gasteiger partial charge in [-0.2, -0.15) is 0 Å². The average Bonchev–Trinajstić information content (AvgIpc) is 2.53. The standard InChI is InChI=1S/C16H20N6O2S/c1-3-12(25-16-21-13(17)8-14(18)22-16)15(24)20-11-6-4-10(5-7-11)19-9(2)23/h4-8,12H,3H2,1-2H3,(H,19,23)(H,20,24)(H4,17,18,21,22). The highest BCUT2D eigenvalue weighted by atomic mass is 32.2. The third kappa shape index (κ3) is 5.64. The van der Waals surface area contributed by atoms with Crippen LogP contribution >= 0.6 is 11.8 Å². The molecule has 1 aromatic carbocycles. The molecule has 2 amide bonds. The monoisotopic (exact) mass is 360 g/mol. The summed E-state index contributed by atoms with van der Waals surface area (Å²) in [7, 11) is 0. The molecule has 1 heterocycles. The van der Waals surface area contributed by atoms with Crippen LogP contribution in [0.25, 0.3) is 0 Å². The van der Waals surface area contributed by atoms with Gasteiger partial charge in [-0.15, -0.1) is 0 Å². The van der Waals surface area contributed by atoms with Crippen LogP contribution in [0.5, 0.6) is 0 Å². The molecule has 1 unspecified atom stereocenters. The fourth-order valence-electron chi connectivity index (χ4n) is 2.03. The number of hydrogen-bond acceptors (Lipinski definition) is 7. The Bertz CT molecular complexity index is 745. The number of benzene rings is 1. The van der Waals surface area contributed by atoms with Crippen molar-refractivity contribution in [1.29, 1.82) is 0 Å². The van der Waals surface area contributed by atoms with Crippen LogP contribution in [0.2, 0.25) is 0 Å². The van der Waals surface area contributed by atoms with Crippen molar-refractivity contribution in [2.45, 2.75) is 30.7 Å². The van der Waals surface area contributed by atoms with Crippen molar-refractivity contribution in [1.82, 2.24) is 9.97 Å². The summed E-state index contributed by atoms with van der Waals surface area (Å²) in [6.45, 7) is 3.33. The molecular formula is C16H20N6O2S. The second-order valence-corrected chi connectivity index (χ2v) is 6.43. The largest absolute Gasteiger partial charge is 0.383 e. The Kier molecular flexibility index (Phi) is 6.18. The molecule has 2 aromatic rings. The molecule has 2 rings (SSSR count). The van der Waals surface area contributed by atoms with Gasteiger partial charge in [-0.3, -0.25) is 9.59 Å². The van der Waals surface area contributed by atoms with Crippen molar-refractivity contribution in [2.24, 2.45) is 0 Å². The number of hydrogen-bond donors (Lipinski definition) is 4. The molecule has 1 aromatic heterocycles. The summed E-state index contributed by atoms with van der Waals surface area (Å²) in [4.78, 5) is 31.6. The Morgan fingerprint density at radius 1 is 1.08 bits per heavy atom. The van der Waals surface area contributed by atoms with E-state index in [1.807, 2.05) is 6.92 Å². The molecule has 0 saturated heterocycles. The lowest BCUT2D eigenvalue weighted by Crippen LogP contribution is -2.25. The molecule has 8 nitrogen and oxygen atoms in total. The summed E-state index contributed by atoms with van der Waals surface area (Å²) in [6.07, 6.45) is 0.582. The Hall–Kier alpha value is -2.81. The van der Waals surface area contributed by atoms with Crippen molar-refractivity contribution in [3.05, 3.63) is 30.3 Å². The SMILES string of the molecule is CCC(Sc1nc(N)cc(N)n1)C(=O)Nc1ccc(NC(C)=O)cc1. The summed E-state index contributed by atoms with van der Waals surface area (Å²) in [5.74, 6) is 0.197. The summed E-state index contributed by atoms with van der Waals surface area (Å²) in [5, 5.41) is 5.47. The second-order valence-electron chi connectivity index (χ2n) is 5.26. The minimum atomic E-state index is -0.392. The number of anilines is 4. The number of nitrogens with one attached hydrogen (secondary N) is 2. The minimum absolute atomic E-state index is 0.152. The van der Waals surface area contributed by atoms with Crippen LogP contribution in [0.1, 0.15) is 20.3 Å². The first-order valence-corrected chi connectivity index (χ1v) is 8.50. The maximum absolute atomic E-state index is 12.5. The highest BCUT2D eigenvalue weighted by Crippen LogP contribution is 2.25. The molecule has 132 valence electrons. The van der Waals surface area contributed by atoms with E-state index in [-0.39, 0.29) is 23.5 Å². The lowest BCUT2D eigenvalue weighted by molar-refractivity contribution is -0.116. The number of rotatable bonds is 6. The average molecular weight is 360 g/mol. The van der Waals surface area contributed by atoms with E-state index in [0.717, 1.165) is 0 Å². The Balaban J connectivity index is 2.02. The first-order valence-electron chi connectivity index (χ1n) is 7.62. The minimum Gasteiger partial charge on any atom is -0.383 e. The quantitative estimate of drug-likeness (QED) is 0.457. The van der Waals surface area contributed by atoms with Gasteiger partial charge in [0.25, 0.3) is 0 Å². The van der Waals surface area contributed by atoms with Crippen LogP contribution in [-0.2, 0) is 9.59 Å². The van der Waals surface area contributed by atoms with E-state index in [2.05, 4.69) is 20.6 Å². The van der Waals surface area contributed by atoms with Gasteiger partial charge in [-0.25, -0.2) is 9.97 Å². The molecule has 0 aliphatic rings. The van der Waals surface area contributed by atoms with Gasteiger partial charge < -0.3 is 22.1 Å². The van der Waals surface area contributed by atoms with Crippen LogP contribution in [0.15, 0.2) is 35.5 Å². The number of nitrogens with zero attached hydrogens (tertiary/aromatic N) is 2. The van der Waals surface area contributed by atoms with E-state index in [1.165, 1.54) is 24.8 Å². The molecule has 0 radical (unpaired) electrons. The number of nitrogens with two attached hydrogens (primary N) is 2. The van der Waals surface area contributed by atoms with E-state index >= 15 is 0 Å². The van der Waals surface area contributed by atoms with Crippen LogP contribution in [0.4, 0.5) is 23.0 Å². The normalized spacial score (nSPS) is 11.6. The molecule has 0 saturated carbocycles. The van der Waals surface area contributed by atoms with Crippen LogP contribution in [0.3, 0.4) is 0 Å². The van der Waals surface area contributed by atoms with Gasteiger partial charge in [0, 0.05) is 24.4 Å². The molecule has 1 atom stereocenters. The van der Waals surface area contributed by atoms with Crippen LogP contribution in [-0.4, -0.2) is 27.0 Å². The fraction of sp³-hybridized carbons (Fsp3) is 0.250. The highest BCUT2D eigenvalue weighted by molar-refractivity contribution is 8.00. The molecule has 25 heavy (non-hydrogen) atoms. The molecule has 0 bridgehead atoms. The van der Waals surface area contributed by atoms with E-state index < -0.39 is 5.25 Å².